The Kier molecular flexibility index (Phi) is 4.92. The molecule has 21 heavy (non-hydrogen) atoms. The molecule has 0 radical (unpaired) electrons. The van der Waals surface area contributed by atoms with Crippen LogP contribution in [0, 0.1) is 0 Å². The molecule has 1 fully saturated rings. The molecule has 4 heteroatoms. The summed E-state index contributed by atoms with van der Waals surface area (Å²) in [6.07, 6.45) is 5.35. The predicted molar refractivity (Wildman–Crippen MR) is 89.7 cm³/mol. The standard InChI is InChI=1S/C17H26BNO2/c1-16(2)17(3,4)21-18(20-16)15-11-8-10-14(13-15)9-6-7-12-19-5/h6,8-11,13,19H,7,12H2,1-5H3. The van der Waals surface area contributed by atoms with Crippen molar-refractivity contribution in [3.63, 3.8) is 0 Å². The fraction of sp³-hybridized carbons (Fsp3) is 0.529. The van der Waals surface area contributed by atoms with E-state index in [-0.39, 0.29) is 18.3 Å². The van der Waals surface area contributed by atoms with Crippen LogP contribution >= 0.6 is 0 Å². The van der Waals surface area contributed by atoms with Gasteiger partial charge in [0.05, 0.1) is 11.2 Å². The summed E-state index contributed by atoms with van der Waals surface area (Å²) in [5.41, 5.74) is 1.66. The molecule has 0 spiro atoms. The zero-order valence-electron chi connectivity index (χ0n) is 13.8. The topological polar surface area (TPSA) is 30.5 Å². The Labute approximate surface area is 128 Å². The largest absolute Gasteiger partial charge is 0.494 e. The Morgan fingerprint density at radius 1 is 1.14 bits per heavy atom. The fourth-order valence-electron chi connectivity index (χ4n) is 2.24. The smallest absolute Gasteiger partial charge is 0.399 e. The Balaban J connectivity index is 2.10. The van der Waals surface area contributed by atoms with Crippen molar-refractivity contribution in [3.8, 4) is 0 Å². The highest BCUT2D eigenvalue weighted by molar-refractivity contribution is 6.62. The summed E-state index contributed by atoms with van der Waals surface area (Å²) in [5.74, 6) is 0. The van der Waals surface area contributed by atoms with Gasteiger partial charge in [-0.25, -0.2) is 0 Å². The highest BCUT2D eigenvalue weighted by Gasteiger charge is 2.51. The van der Waals surface area contributed by atoms with Gasteiger partial charge in [0, 0.05) is 0 Å². The van der Waals surface area contributed by atoms with E-state index in [1.807, 2.05) is 7.05 Å². The molecule has 0 aromatic heterocycles. The van der Waals surface area contributed by atoms with Crippen LogP contribution in [0.25, 0.3) is 6.08 Å². The summed E-state index contributed by atoms with van der Waals surface area (Å²) >= 11 is 0. The molecule has 0 amide bonds. The van der Waals surface area contributed by atoms with Crippen LogP contribution in [0.4, 0.5) is 0 Å². The normalized spacial score (nSPS) is 20.3. The van der Waals surface area contributed by atoms with Crippen LogP contribution in [-0.4, -0.2) is 31.9 Å². The molecule has 1 saturated heterocycles. The van der Waals surface area contributed by atoms with Crippen LogP contribution in [0.3, 0.4) is 0 Å². The molecule has 114 valence electrons. The molecule has 2 rings (SSSR count). The molecule has 3 nitrogen and oxygen atoms in total. The second kappa shape index (κ2) is 6.35. The van der Waals surface area contributed by atoms with Crippen molar-refractivity contribution >= 4 is 18.7 Å². The number of hydrogen-bond acceptors (Lipinski definition) is 3. The van der Waals surface area contributed by atoms with Gasteiger partial charge in [0.2, 0.25) is 0 Å². The lowest BCUT2D eigenvalue weighted by atomic mass is 9.78. The van der Waals surface area contributed by atoms with Gasteiger partial charge in [0.15, 0.2) is 0 Å². The second-order valence-electron chi connectivity index (χ2n) is 6.55. The summed E-state index contributed by atoms with van der Waals surface area (Å²) < 4.78 is 12.2. The Morgan fingerprint density at radius 3 is 2.43 bits per heavy atom. The quantitative estimate of drug-likeness (QED) is 0.667. The van der Waals surface area contributed by atoms with E-state index in [0.29, 0.717) is 0 Å². The van der Waals surface area contributed by atoms with Gasteiger partial charge >= 0.3 is 7.12 Å². The Morgan fingerprint density at radius 2 is 1.81 bits per heavy atom. The molecule has 1 aromatic rings. The number of hydrogen-bond donors (Lipinski definition) is 1. The molecule has 1 heterocycles. The van der Waals surface area contributed by atoms with Gasteiger partial charge in [0.25, 0.3) is 0 Å². The summed E-state index contributed by atoms with van der Waals surface area (Å²) in [5, 5.41) is 3.14. The third-order valence-electron chi connectivity index (χ3n) is 4.31. The lowest BCUT2D eigenvalue weighted by molar-refractivity contribution is 0.00578. The van der Waals surface area contributed by atoms with E-state index in [1.165, 1.54) is 5.56 Å². The van der Waals surface area contributed by atoms with E-state index in [4.69, 9.17) is 9.31 Å². The average Bonchev–Trinajstić information content (AvgIpc) is 2.64. The first kappa shape index (κ1) is 16.3. The van der Waals surface area contributed by atoms with E-state index in [9.17, 15) is 0 Å². The third kappa shape index (κ3) is 3.76. The molecular weight excluding hydrogens is 261 g/mol. The zero-order chi connectivity index (χ0) is 15.5. The minimum atomic E-state index is -0.295. The molecule has 0 saturated carbocycles. The van der Waals surface area contributed by atoms with Gasteiger partial charge in [-0.3, -0.25) is 0 Å². The van der Waals surface area contributed by atoms with Gasteiger partial charge in [-0.1, -0.05) is 36.4 Å². The van der Waals surface area contributed by atoms with Crippen molar-refractivity contribution < 1.29 is 9.31 Å². The van der Waals surface area contributed by atoms with Crippen LogP contribution in [0.5, 0.6) is 0 Å². The highest BCUT2D eigenvalue weighted by atomic mass is 16.7. The summed E-state index contributed by atoms with van der Waals surface area (Å²) in [7, 11) is 1.67. The van der Waals surface area contributed by atoms with Crippen LogP contribution < -0.4 is 10.8 Å². The second-order valence-corrected chi connectivity index (χ2v) is 6.55. The van der Waals surface area contributed by atoms with Gasteiger partial charge < -0.3 is 14.6 Å². The van der Waals surface area contributed by atoms with Crippen molar-refractivity contribution in [2.75, 3.05) is 13.6 Å². The first-order chi connectivity index (χ1) is 9.86. The molecule has 0 unspecified atom stereocenters. The molecule has 0 atom stereocenters. The molecule has 1 N–H and O–H groups in total. The maximum Gasteiger partial charge on any atom is 0.494 e. The zero-order valence-corrected chi connectivity index (χ0v) is 13.8. The van der Waals surface area contributed by atoms with Gasteiger partial charge in [-0.2, -0.15) is 0 Å². The molecule has 1 aliphatic rings. The minimum absolute atomic E-state index is 0.291. The van der Waals surface area contributed by atoms with Crippen molar-refractivity contribution in [2.45, 2.75) is 45.3 Å². The third-order valence-corrected chi connectivity index (χ3v) is 4.31. The van der Waals surface area contributed by atoms with Crippen molar-refractivity contribution in [1.82, 2.24) is 5.32 Å². The van der Waals surface area contributed by atoms with E-state index < -0.39 is 0 Å². The van der Waals surface area contributed by atoms with Crippen molar-refractivity contribution in [1.29, 1.82) is 0 Å². The van der Waals surface area contributed by atoms with Crippen molar-refractivity contribution in [2.24, 2.45) is 0 Å². The number of nitrogens with one attached hydrogen (secondary N) is 1. The van der Waals surface area contributed by atoms with Crippen LogP contribution in [0.2, 0.25) is 0 Å². The van der Waals surface area contributed by atoms with E-state index >= 15 is 0 Å². The van der Waals surface area contributed by atoms with Crippen LogP contribution in [-0.2, 0) is 9.31 Å². The number of benzene rings is 1. The Hall–Kier alpha value is -1.10. The van der Waals surface area contributed by atoms with Gasteiger partial charge in [-0.15, -0.1) is 0 Å². The minimum Gasteiger partial charge on any atom is -0.399 e. The Bertz CT molecular complexity index is 495. The van der Waals surface area contributed by atoms with Crippen molar-refractivity contribution in [3.05, 3.63) is 35.9 Å². The monoisotopic (exact) mass is 287 g/mol. The molecular formula is C17H26BNO2. The molecule has 1 aromatic carbocycles. The van der Waals surface area contributed by atoms with E-state index in [1.54, 1.807) is 0 Å². The molecule has 0 aliphatic carbocycles. The van der Waals surface area contributed by atoms with Gasteiger partial charge in [-0.05, 0) is 58.7 Å². The maximum absolute atomic E-state index is 6.09. The average molecular weight is 287 g/mol. The summed E-state index contributed by atoms with van der Waals surface area (Å²) in [4.78, 5) is 0. The van der Waals surface area contributed by atoms with Crippen LogP contribution in [0.1, 0.15) is 39.7 Å². The fourth-order valence-corrected chi connectivity index (χ4v) is 2.24. The van der Waals surface area contributed by atoms with E-state index in [0.717, 1.165) is 18.4 Å². The van der Waals surface area contributed by atoms with Gasteiger partial charge in [0.1, 0.15) is 0 Å². The SMILES string of the molecule is CNCCC=Cc1cccc(B2OC(C)(C)C(C)(C)O2)c1. The molecule has 1 aliphatic heterocycles. The first-order valence-corrected chi connectivity index (χ1v) is 7.62. The summed E-state index contributed by atoms with van der Waals surface area (Å²) in [6, 6.07) is 8.35. The lowest BCUT2D eigenvalue weighted by Crippen LogP contribution is -2.41. The number of rotatable bonds is 5. The molecule has 0 bridgehead atoms. The first-order valence-electron chi connectivity index (χ1n) is 7.62. The predicted octanol–water partition coefficient (Wildman–Crippen LogP) is 2.61. The van der Waals surface area contributed by atoms with E-state index in [2.05, 4.69) is 69.4 Å². The maximum atomic E-state index is 6.09. The highest BCUT2D eigenvalue weighted by Crippen LogP contribution is 2.36. The summed E-state index contributed by atoms with van der Waals surface area (Å²) in [6.45, 7) is 9.30. The lowest BCUT2D eigenvalue weighted by Gasteiger charge is -2.32. The van der Waals surface area contributed by atoms with Crippen LogP contribution in [0.15, 0.2) is 30.3 Å².